The highest BCUT2D eigenvalue weighted by atomic mass is 19.4. The Morgan fingerprint density at radius 2 is 1.37 bits per heavy atom. The molecule has 3 amide bonds. The molecule has 0 heterocycles. The average Bonchev–Trinajstić information content (AvgIpc) is 2.65. The quantitative estimate of drug-likeness (QED) is 0.746. The topological polar surface area (TPSA) is 87.3 Å². The third kappa shape index (κ3) is 5.56. The zero-order chi connectivity index (χ0) is 20.0. The largest absolute Gasteiger partial charge is 0.416 e. The number of hydrogen-bond donors (Lipinski definition) is 3. The first-order valence-corrected chi connectivity index (χ1v) is 7.78. The number of carbonyl (C=O) groups excluding carboxylic acids is 3. The number of nitrogens with one attached hydrogen (secondary N) is 3. The van der Waals surface area contributed by atoms with E-state index in [1.165, 1.54) is 31.3 Å². The molecule has 0 radical (unpaired) electrons. The maximum Gasteiger partial charge on any atom is 0.416 e. The number of alkyl halides is 3. The van der Waals surface area contributed by atoms with Crippen LogP contribution >= 0.6 is 0 Å². The van der Waals surface area contributed by atoms with Gasteiger partial charge in [0.1, 0.15) is 0 Å². The summed E-state index contributed by atoms with van der Waals surface area (Å²) in [5.74, 6) is -1.46. The molecule has 0 aliphatic carbocycles. The molecule has 142 valence electrons. The molecule has 0 saturated carbocycles. The molecule has 6 nitrogen and oxygen atoms in total. The molecule has 27 heavy (non-hydrogen) atoms. The van der Waals surface area contributed by atoms with Gasteiger partial charge in [-0.3, -0.25) is 14.4 Å². The standard InChI is InChI=1S/C18H16F3N3O3/c1-22-16(26)11-4-8-14(9-5-11)24-15(25)10-23-17(27)12-2-6-13(7-3-12)18(19,20)21/h2-9H,10H2,1H3,(H,22,26)(H,23,27)(H,24,25). The molecule has 3 N–H and O–H groups in total. The van der Waals surface area contributed by atoms with Crippen molar-refractivity contribution in [1.82, 2.24) is 10.6 Å². The number of benzene rings is 2. The van der Waals surface area contributed by atoms with Crippen molar-refractivity contribution in [2.75, 3.05) is 18.9 Å². The fourth-order valence-electron chi connectivity index (χ4n) is 2.13. The minimum absolute atomic E-state index is 0.00531. The molecule has 0 unspecified atom stereocenters. The normalized spacial score (nSPS) is 10.8. The Morgan fingerprint density at radius 1 is 0.852 bits per heavy atom. The van der Waals surface area contributed by atoms with Crippen LogP contribution in [0.2, 0.25) is 0 Å². The predicted octanol–water partition coefficient (Wildman–Crippen LogP) is 2.43. The van der Waals surface area contributed by atoms with E-state index in [-0.39, 0.29) is 18.0 Å². The molecule has 0 fully saturated rings. The lowest BCUT2D eigenvalue weighted by Gasteiger charge is -2.09. The van der Waals surface area contributed by atoms with Gasteiger partial charge in [-0.05, 0) is 48.5 Å². The lowest BCUT2D eigenvalue weighted by molar-refractivity contribution is -0.137. The summed E-state index contributed by atoms with van der Waals surface area (Å²) in [6, 6.07) is 9.76. The van der Waals surface area contributed by atoms with Crippen molar-refractivity contribution in [1.29, 1.82) is 0 Å². The Hall–Kier alpha value is -3.36. The highest BCUT2D eigenvalue weighted by molar-refractivity contribution is 5.99. The van der Waals surface area contributed by atoms with Gasteiger partial charge in [0.05, 0.1) is 12.1 Å². The van der Waals surface area contributed by atoms with Gasteiger partial charge < -0.3 is 16.0 Å². The molecule has 0 atom stereocenters. The van der Waals surface area contributed by atoms with E-state index in [1.807, 2.05) is 0 Å². The van der Waals surface area contributed by atoms with Gasteiger partial charge in [0.25, 0.3) is 11.8 Å². The van der Waals surface area contributed by atoms with E-state index in [0.29, 0.717) is 11.3 Å². The van der Waals surface area contributed by atoms with Gasteiger partial charge in [0, 0.05) is 23.9 Å². The van der Waals surface area contributed by atoms with Gasteiger partial charge >= 0.3 is 6.18 Å². The second-order valence-electron chi connectivity index (χ2n) is 5.46. The lowest BCUT2D eigenvalue weighted by atomic mass is 10.1. The van der Waals surface area contributed by atoms with Gasteiger partial charge in [-0.25, -0.2) is 0 Å². The number of anilines is 1. The fourth-order valence-corrected chi connectivity index (χ4v) is 2.13. The first-order valence-electron chi connectivity index (χ1n) is 7.78. The minimum atomic E-state index is -4.48. The number of amides is 3. The van der Waals surface area contributed by atoms with Crippen molar-refractivity contribution < 1.29 is 27.6 Å². The minimum Gasteiger partial charge on any atom is -0.355 e. The van der Waals surface area contributed by atoms with Crippen LogP contribution in [0, 0.1) is 0 Å². The number of rotatable bonds is 5. The first-order chi connectivity index (χ1) is 12.7. The van der Waals surface area contributed by atoms with E-state index in [0.717, 1.165) is 24.3 Å². The second kappa shape index (κ2) is 8.35. The monoisotopic (exact) mass is 379 g/mol. The van der Waals surface area contributed by atoms with Crippen LogP contribution in [0.4, 0.5) is 18.9 Å². The van der Waals surface area contributed by atoms with E-state index >= 15 is 0 Å². The first kappa shape index (κ1) is 20.0. The van der Waals surface area contributed by atoms with Crippen LogP contribution in [-0.4, -0.2) is 31.3 Å². The molecule has 2 aromatic carbocycles. The molecule has 9 heteroatoms. The van der Waals surface area contributed by atoms with Gasteiger partial charge in [-0.2, -0.15) is 13.2 Å². The van der Waals surface area contributed by atoms with E-state index in [2.05, 4.69) is 16.0 Å². The second-order valence-corrected chi connectivity index (χ2v) is 5.46. The van der Waals surface area contributed by atoms with Crippen LogP contribution in [-0.2, 0) is 11.0 Å². The molecule has 0 aliphatic heterocycles. The third-order valence-corrected chi connectivity index (χ3v) is 3.54. The number of carbonyl (C=O) groups is 3. The van der Waals surface area contributed by atoms with Crippen molar-refractivity contribution in [3.63, 3.8) is 0 Å². The van der Waals surface area contributed by atoms with Crippen LogP contribution in [0.1, 0.15) is 26.3 Å². The van der Waals surface area contributed by atoms with Crippen molar-refractivity contribution in [2.45, 2.75) is 6.18 Å². The molecule has 2 aromatic rings. The van der Waals surface area contributed by atoms with Crippen LogP contribution in [0.5, 0.6) is 0 Å². The Balaban J connectivity index is 1.87. The van der Waals surface area contributed by atoms with Crippen LogP contribution in [0.15, 0.2) is 48.5 Å². The SMILES string of the molecule is CNC(=O)c1ccc(NC(=O)CNC(=O)c2ccc(C(F)(F)F)cc2)cc1. The van der Waals surface area contributed by atoms with Gasteiger partial charge in [-0.1, -0.05) is 0 Å². The van der Waals surface area contributed by atoms with Gasteiger partial charge in [0.15, 0.2) is 0 Å². The Morgan fingerprint density at radius 3 is 1.89 bits per heavy atom. The summed E-state index contributed by atoms with van der Waals surface area (Å²) < 4.78 is 37.5. The predicted molar refractivity (Wildman–Crippen MR) is 92.2 cm³/mol. The maximum absolute atomic E-state index is 12.5. The van der Waals surface area contributed by atoms with Crippen molar-refractivity contribution in [3.8, 4) is 0 Å². The number of halogens is 3. The summed E-state index contributed by atoms with van der Waals surface area (Å²) in [6.45, 7) is -0.364. The average molecular weight is 379 g/mol. The van der Waals surface area contributed by atoms with Gasteiger partial charge in [-0.15, -0.1) is 0 Å². The van der Waals surface area contributed by atoms with E-state index in [1.54, 1.807) is 0 Å². The molecular formula is C18H16F3N3O3. The third-order valence-electron chi connectivity index (χ3n) is 3.54. The Kier molecular flexibility index (Phi) is 6.17. The summed E-state index contributed by atoms with van der Waals surface area (Å²) in [4.78, 5) is 35.2. The summed E-state index contributed by atoms with van der Waals surface area (Å²) in [5.41, 5.74) is -0.00902. The highest BCUT2D eigenvalue weighted by Gasteiger charge is 2.30. The maximum atomic E-state index is 12.5. The Labute approximate surface area is 152 Å². The summed E-state index contributed by atoms with van der Waals surface area (Å²) in [5, 5.41) is 7.31. The van der Waals surface area contributed by atoms with Crippen molar-refractivity contribution >= 4 is 23.4 Å². The lowest BCUT2D eigenvalue weighted by Crippen LogP contribution is -2.32. The molecule has 0 spiro atoms. The zero-order valence-corrected chi connectivity index (χ0v) is 14.2. The van der Waals surface area contributed by atoms with Crippen LogP contribution in [0.3, 0.4) is 0 Å². The highest BCUT2D eigenvalue weighted by Crippen LogP contribution is 2.29. The van der Waals surface area contributed by atoms with Crippen LogP contribution in [0.25, 0.3) is 0 Å². The number of hydrogen-bond acceptors (Lipinski definition) is 3. The molecule has 0 aromatic heterocycles. The molecular weight excluding hydrogens is 363 g/mol. The van der Waals surface area contributed by atoms with E-state index in [4.69, 9.17) is 0 Å². The zero-order valence-electron chi connectivity index (χ0n) is 14.2. The van der Waals surface area contributed by atoms with E-state index < -0.39 is 23.6 Å². The summed E-state index contributed by atoms with van der Waals surface area (Å²) in [7, 11) is 1.50. The van der Waals surface area contributed by atoms with Crippen molar-refractivity contribution in [3.05, 3.63) is 65.2 Å². The molecule has 2 rings (SSSR count). The van der Waals surface area contributed by atoms with Crippen molar-refractivity contribution in [2.24, 2.45) is 0 Å². The molecule has 0 saturated heterocycles. The van der Waals surface area contributed by atoms with Crippen LogP contribution < -0.4 is 16.0 Å². The van der Waals surface area contributed by atoms with Gasteiger partial charge in [0.2, 0.25) is 5.91 Å². The molecule has 0 bridgehead atoms. The summed E-state index contributed by atoms with van der Waals surface area (Å²) in [6.07, 6.45) is -4.48. The fraction of sp³-hybridized carbons (Fsp3) is 0.167. The summed E-state index contributed by atoms with van der Waals surface area (Å²) >= 11 is 0. The van der Waals surface area contributed by atoms with E-state index in [9.17, 15) is 27.6 Å². The Bertz CT molecular complexity index is 832. The molecule has 0 aliphatic rings. The smallest absolute Gasteiger partial charge is 0.355 e.